The maximum atomic E-state index is 14.1. The SMILES string of the molecule is CC.FC(F)(P)c1cc(Nc2ccc(/C=N/Nc3ncc(P)c(N4CCOCC4)n3)nc2)cc(C2CCNC2)c1. The molecule has 2 aromatic heterocycles. The van der Waals surface area contributed by atoms with Gasteiger partial charge in [0.1, 0.15) is 5.82 Å². The number of halogens is 2. The number of hydrazone groups is 1. The van der Waals surface area contributed by atoms with Crippen LogP contribution in [0.4, 0.5) is 31.9 Å². The first-order valence-corrected chi connectivity index (χ1v) is 14.5. The number of rotatable bonds is 8. The van der Waals surface area contributed by atoms with Gasteiger partial charge in [0.15, 0.2) is 0 Å². The van der Waals surface area contributed by atoms with E-state index < -0.39 is 5.66 Å². The fourth-order valence-corrected chi connectivity index (χ4v) is 4.92. The van der Waals surface area contributed by atoms with Crippen LogP contribution in [0.2, 0.25) is 0 Å². The van der Waals surface area contributed by atoms with Crippen molar-refractivity contribution in [3.63, 3.8) is 0 Å². The summed E-state index contributed by atoms with van der Waals surface area (Å²) in [4.78, 5) is 15.4. The molecule has 214 valence electrons. The summed E-state index contributed by atoms with van der Waals surface area (Å²) in [7, 11) is 4.28. The largest absolute Gasteiger partial charge is 0.378 e. The van der Waals surface area contributed by atoms with Crippen LogP contribution >= 0.6 is 18.5 Å². The first-order chi connectivity index (χ1) is 19.3. The van der Waals surface area contributed by atoms with Crippen LogP contribution in [0.1, 0.15) is 43.0 Å². The number of anilines is 4. The number of hydrogen-bond donors (Lipinski definition) is 3. The van der Waals surface area contributed by atoms with Gasteiger partial charge in [-0.05, 0) is 54.8 Å². The van der Waals surface area contributed by atoms with Crippen LogP contribution in [0, 0.1) is 0 Å². The third-order valence-electron chi connectivity index (χ3n) is 6.41. The Hall–Kier alpha value is -2.84. The lowest BCUT2D eigenvalue weighted by molar-refractivity contribution is 0.104. The monoisotopic (exact) mass is 588 g/mol. The maximum Gasteiger partial charge on any atom is 0.283 e. The molecule has 0 radical (unpaired) electrons. The van der Waals surface area contributed by atoms with E-state index in [1.165, 1.54) is 6.07 Å². The van der Waals surface area contributed by atoms with Gasteiger partial charge >= 0.3 is 0 Å². The van der Waals surface area contributed by atoms with Crippen molar-refractivity contribution in [1.82, 2.24) is 20.3 Å². The van der Waals surface area contributed by atoms with E-state index in [1.54, 1.807) is 40.0 Å². The quantitative estimate of drug-likeness (QED) is 0.202. The van der Waals surface area contributed by atoms with Crippen molar-refractivity contribution in [2.75, 3.05) is 55.0 Å². The summed E-state index contributed by atoms with van der Waals surface area (Å²) in [6.45, 7) is 8.56. The van der Waals surface area contributed by atoms with E-state index >= 15 is 0 Å². The first kappa shape index (κ1) is 30.1. The molecular formula is C27H36F2N8OP2. The Morgan fingerprint density at radius 2 is 1.93 bits per heavy atom. The summed E-state index contributed by atoms with van der Waals surface area (Å²) in [5, 5.41) is 11.6. The molecule has 0 spiro atoms. The van der Waals surface area contributed by atoms with Gasteiger partial charge in [-0.1, -0.05) is 32.3 Å². The van der Waals surface area contributed by atoms with Crippen LogP contribution in [0.15, 0.2) is 47.8 Å². The molecule has 40 heavy (non-hydrogen) atoms. The Morgan fingerprint density at radius 3 is 2.60 bits per heavy atom. The molecule has 5 rings (SSSR count). The lowest BCUT2D eigenvalue weighted by atomic mass is 9.95. The number of nitrogens with one attached hydrogen (secondary N) is 3. The highest BCUT2D eigenvalue weighted by Crippen LogP contribution is 2.39. The smallest absolute Gasteiger partial charge is 0.283 e. The lowest BCUT2D eigenvalue weighted by Gasteiger charge is -2.28. The molecule has 2 fully saturated rings. The van der Waals surface area contributed by atoms with Crippen LogP contribution in [0.3, 0.4) is 0 Å². The minimum absolute atomic E-state index is 0.0362. The van der Waals surface area contributed by atoms with Crippen molar-refractivity contribution in [2.24, 2.45) is 5.10 Å². The van der Waals surface area contributed by atoms with Crippen molar-refractivity contribution >= 4 is 53.1 Å². The molecule has 0 saturated carbocycles. The van der Waals surface area contributed by atoms with Crippen molar-refractivity contribution in [2.45, 2.75) is 31.8 Å². The molecule has 3 unspecified atom stereocenters. The van der Waals surface area contributed by atoms with E-state index in [0.717, 1.165) is 49.3 Å². The standard InChI is InChI=1S/C25H30F2N8OP2.C2H6/c26-25(27,38)18-9-17(16-3-4-28-12-16)10-21(11-18)32-20-2-1-19(29-13-20)14-31-34-24-30-15-22(37)23(33-24)35-5-7-36-8-6-35;1-2/h1-2,9-11,13-16,28,32H,3-8,12,37-38H2,(H,30,33,34);1-2H3/b31-14+;. The van der Waals surface area contributed by atoms with Gasteiger partial charge in [0.05, 0.1) is 37.0 Å². The number of ether oxygens (including phenoxy) is 1. The van der Waals surface area contributed by atoms with Crippen molar-refractivity contribution in [3.05, 3.63) is 59.5 Å². The van der Waals surface area contributed by atoms with Gasteiger partial charge in [-0.2, -0.15) is 18.9 Å². The van der Waals surface area contributed by atoms with E-state index in [2.05, 4.69) is 50.3 Å². The van der Waals surface area contributed by atoms with Gasteiger partial charge in [0.2, 0.25) is 5.95 Å². The van der Waals surface area contributed by atoms with Gasteiger partial charge in [-0.3, -0.25) is 4.98 Å². The first-order valence-electron chi connectivity index (χ1n) is 13.4. The van der Waals surface area contributed by atoms with Gasteiger partial charge in [-0.15, -0.1) is 0 Å². The molecule has 3 aromatic rings. The average molecular weight is 589 g/mol. The Labute approximate surface area is 238 Å². The van der Waals surface area contributed by atoms with E-state index in [9.17, 15) is 8.78 Å². The Bertz CT molecular complexity index is 1280. The fourth-order valence-electron chi connectivity index (χ4n) is 4.43. The second kappa shape index (κ2) is 14.2. The topological polar surface area (TPSA) is 99.6 Å². The minimum atomic E-state index is -3.01. The Morgan fingerprint density at radius 1 is 1.12 bits per heavy atom. The average Bonchev–Trinajstić information content (AvgIpc) is 3.51. The van der Waals surface area contributed by atoms with E-state index in [1.807, 2.05) is 26.0 Å². The van der Waals surface area contributed by atoms with E-state index in [0.29, 0.717) is 36.2 Å². The summed E-state index contributed by atoms with van der Waals surface area (Å²) < 4.78 is 33.7. The number of aromatic nitrogens is 3. The fraction of sp³-hybridized carbons (Fsp3) is 0.407. The van der Waals surface area contributed by atoms with E-state index in [4.69, 9.17) is 4.74 Å². The second-order valence-electron chi connectivity index (χ2n) is 9.20. The van der Waals surface area contributed by atoms with Crippen molar-refractivity contribution < 1.29 is 13.5 Å². The predicted octanol–water partition coefficient (Wildman–Crippen LogP) is 4.43. The molecule has 9 nitrogen and oxygen atoms in total. The molecule has 3 N–H and O–H groups in total. The third kappa shape index (κ3) is 8.10. The minimum Gasteiger partial charge on any atom is -0.378 e. The van der Waals surface area contributed by atoms with Crippen LogP contribution < -0.4 is 26.3 Å². The van der Waals surface area contributed by atoms with Gasteiger partial charge < -0.3 is 20.3 Å². The summed E-state index contributed by atoms with van der Waals surface area (Å²) in [5.41, 5.74) is 2.60. The summed E-state index contributed by atoms with van der Waals surface area (Å²) in [5.74, 6) is 1.43. The highest BCUT2D eigenvalue weighted by atomic mass is 31.0. The van der Waals surface area contributed by atoms with Gasteiger partial charge in [0, 0.05) is 42.4 Å². The van der Waals surface area contributed by atoms with Gasteiger partial charge in [-0.25, -0.2) is 10.4 Å². The molecule has 3 atom stereocenters. The number of alkyl halides is 2. The second-order valence-corrected chi connectivity index (χ2v) is 10.5. The molecule has 2 aliphatic rings. The number of benzene rings is 1. The number of pyridine rings is 1. The third-order valence-corrected chi connectivity index (χ3v) is 7.16. The summed E-state index contributed by atoms with van der Waals surface area (Å²) in [6.07, 6.45) is 5.86. The highest BCUT2D eigenvalue weighted by molar-refractivity contribution is 7.28. The van der Waals surface area contributed by atoms with Crippen molar-refractivity contribution in [1.29, 1.82) is 0 Å². The van der Waals surface area contributed by atoms with Crippen molar-refractivity contribution in [3.8, 4) is 0 Å². The lowest BCUT2D eigenvalue weighted by Crippen LogP contribution is -2.38. The van der Waals surface area contributed by atoms with Gasteiger partial charge in [0.25, 0.3) is 5.66 Å². The molecule has 2 saturated heterocycles. The highest BCUT2D eigenvalue weighted by Gasteiger charge is 2.27. The molecule has 1 aromatic carbocycles. The molecular weight excluding hydrogens is 552 g/mol. The predicted molar refractivity (Wildman–Crippen MR) is 165 cm³/mol. The van der Waals surface area contributed by atoms with Crippen LogP contribution in [0.5, 0.6) is 0 Å². The molecule has 2 aliphatic heterocycles. The van der Waals surface area contributed by atoms with Crippen LogP contribution in [0.25, 0.3) is 0 Å². The molecule has 4 heterocycles. The summed E-state index contributed by atoms with van der Waals surface area (Å²) in [6, 6.07) is 8.62. The Balaban J connectivity index is 0.00000181. The molecule has 0 bridgehead atoms. The number of nitrogens with zero attached hydrogens (tertiary/aromatic N) is 5. The Kier molecular flexibility index (Phi) is 10.7. The zero-order valence-electron chi connectivity index (χ0n) is 22.7. The summed E-state index contributed by atoms with van der Waals surface area (Å²) >= 11 is 0. The zero-order chi connectivity index (χ0) is 28.5. The number of morpholine rings is 1. The van der Waals surface area contributed by atoms with E-state index in [-0.39, 0.29) is 11.5 Å². The molecule has 13 heteroatoms. The molecule has 0 amide bonds. The zero-order valence-corrected chi connectivity index (χ0v) is 25.0. The normalized spacial score (nSPS) is 17.4. The molecule has 0 aliphatic carbocycles. The maximum absolute atomic E-state index is 14.1. The van der Waals surface area contributed by atoms with Crippen LogP contribution in [-0.4, -0.2) is 60.6 Å². The van der Waals surface area contributed by atoms with Crippen LogP contribution in [-0.2, 0) is 10.4 Å². The number of hydrogen-bond acceptors (Lipinski definition) is 9.